The SMILES string of the molecule is CCOc1ccccc1NC(=O)C(Nc1ccc(N2CCCCC2)cc1)c1ccccc1. The number of nitrogens with zero attached hydrogens (tertiary/aromatic N) is 1. The monoisotopic (exact) mass is 429 g/mol. The second-order valence-corrected chi connectivity index (χ2v) is 8.00. The van der Waals surface area contributed by atoms with Crippen LogP contribution >= 0.6 is 0 Å². The fourth-order valence-corrected chi connectivity index (χ4v) is 4.09. The molecule has 1 amide bonds. The molecule has 32 heavy (non-hydrogen) atoms. The summed E-state index contributed by atoms with van der Waals surface area (Å²) in [6.07, 6.45) is 3.81. The molecule has 2 N–H and O–H groups in total. The van der Waals surface area contributed by atoms with Crippen molar-refractivity contribution in [2.75, 3.05) is 35.2 Å². The average Bonchev–Trinajstić information content (AvgIpc) is 2.85. The molecule has 1 saturated heterocycles. The number of anilines is 3. The van der Waals surface area contributed by atoms with Gasteiger partial charge in [0.05, 0.1) is 12.3 Å². The van der Waals surface area contributed by atoms with Crippen LogP contribution in [-0.2, 0) is 4.79 Å². The molecule has 1 atom stereocenters. The molecule has 1 fully saturated rings. The van der Waals surface area contributed by atoms with Crippen LogP contribution in [0.5, 0.6) is 5.75 Å². The first-order valence-electron chi connectivity index (χ1n) is 11.4. The minimum atomic E-state index is -0.535. The normalized spacial score (nSPS) is 14.5. The lowest BCUT2D eigenvalue weighted by atomic mass is 10.1. The molecule has 1 aliphatic rings. The van der Waals surface area contributed by atoms with E-state index in [9.17, 15) is 4.79 Å². The van der Waals surface area contributed by atoms with Crippen LogP contribution < -0.4 is 20.3 Å². The van der Waals surface area contributed by atoms with Gasteiger partial charge in [-0.1, -0.05) is 42.5 Å². The van der Waals surface area contributed by atoms with E-state index in [1.807, 2.05) is 61.5 Å². The first kappa shape index (κ1) is 21.8. The smallest absolute Gasteiger partial charge is 0.251 e. The third kappa shape index (κ3) is 5.41. The number of para-hydroxylation sites is 2. The molecule has 166 valence electrons. The van der Waals surface area contributed by atoms with Gasteiger partial charge in [0.1, 0.15) is 11.8 Å². The average molecular weight is 430 g/mol. The van der Waals surface area contributed by atoms with Crippen molar-refractivity contribution >= 4 is 23.0 Å². The number of amides is 1. The summed E-state index contributed by atoms with van der Waals surface area (Å²) in [7, 11) is 0. The second kappa shape index (κ2) is 10.7. The summed E-state index contributed by atoms with van der Waals surface area (Å²) in [5.41, 5.74) is 3.72. The molecular weight excluding hydrogens is 398 g/mol. The molecule has 0 bridgehead atoms. The molecule has 1 aliphatic heterocycles. The molecule has 0 aliphatic carbocycles. The fourth-order valence-electron chi connectivity index (χ4n) is 4.09. The Bertz CT molecular complexity index is 999. The van der Waals surface area contributed by atoms with Gasteiger partial charge in [-0.25, -0.2) is 0 Å². The summed E-state index contributed by atoms with van der Waals surface area (Å²) in [5.74, 6) is 0.532. The number of hydrogen-bond donors (Lipinski definition) is 2. The van der Waals surface area contributed by atoms with Crippen molar-refractivity contribution in [2.24, 2.45) is 0 Å². The number of ether oxygens (including phenoxy) is 1. The standard InChI is InChI=1S/C27H31N3O2/c1-2-32-25-14-8-7-13-24(25)29-27(31)26(21-11-5-3-6-12-21)28-22-15-17-23(18-16-22)30-19-9-4-10-20-30/h3,5-8,11-18,26,28H,2,4,9-10,19-20H2,1H3,(H,29,31). The van der Waals surface area contributed by atoms with Crippen LogP contribution in [-0.4, -0.2) is 25.6 Å². The minimum absolute atomic E-state index is 0.136. The number of nitrogens with one attached hydrogen (secondary N) is 2. The summed E-state index contributed by atoms with van der Waals surface area (Å²) in [4.78, 5) is 15.8. The van der Waals surface area contributed by atoms with Crippen LogP contribution in [0.15, 0.2) is 78.9 Å². The van der Waals surface area contributed by atoms with Gasteiger partial charge >= 0.3 is 0 Å². The van der Waals surface area contributed by atoms with Crippen LogP contribution in [0.4, 0.5) is 17.1 Å². The third-order valence-corrected chi connectivity index (χ3v) is 5.74. The summed E-state index contributed by atoms with van der Waals surface area (Å²) in [5, 5.41) is 6.47. The van der Waals surface area contributed by atoms with Gasteiger partial charge < -0.3 is 20.3 Å². The molecular formula is C27H31N3O2. The van der Waals surface area contributed by atoms with E-state index in [0.717, 1.165) is 24.3 Å². The van der Waals surface area contributed by atoms with Crippen molar-refractivity contribution in [1.82, 2.24) is 0 Å². The summed E-state index contributed by atoms with van der Waals surface area (Å²) in [6.45, 7) is 4.69. The van der Waals surface area contributed by atoms with Gasteiger partial charge in [-0.2, -0.15) is 0 Å². The predicted octanol–water partition coefficient (Wildman–Crippen LogP) is 5.87. The van der Waals surface area contributed by atoms with E-state index in [1.54, 1.807) is 0 Å². The summed E-state index contributed by atoms with van der Waals surface area (Å²) < 4.78 is 5.67. The maximum absolute atomic E-state index is 13.4. The van der Waals surface area contributed by atoms with Crippen LogP contribution in [0.1, 0.15) is 37.8 Å². The zero-order valence-electron chi connectivity index (χ0n) is 18.6. The van der Waals surface area contributed by atoms with Gasteiger partial charge in [0.2, 0.25) is 0 Å². The Balaban J connectivity index is 1.53. The van der Waals surface area contributed by atoms with Crippen molar-refractivity contribution in [2.45, 2.75) is 32.2 Å². The molecule has 5 nitrogen and oxygen atoms in total. The van der Waals surface area contributed by atoms with E-state index in [4.69, 9.17) is 4.74 Å². The number of piperidine rings is 1. The van der Waals surface area contributed by atoms with Crippen LogP contribution in [0.25, 0.3) is 0 Å². The van der Waals surface area contributed by atoms with Crippen LogP contribution in [0, 0.1) is 0 Å². The Morgan fingerprint density at radius 1 is 0.906 bits per heavy atom. The molecule has 3 aromatic rings. The quantitative estimate of drug-likeness (QED) is 0.470. The lowest BCUT2D eigenvalue weighted by molar-refractivity contribution is -0.117. The highest BCUT2D eigenvalue weighted by Crippen LogP contribution is 2.28. The van der Waals surface area contributed by atoms with Gasteiger partial charge in [0, 0.05) is 24.5 Å². The summed E-state index contributed by atoms with van der Waals surface area (Å²) >= 11 is 0. The molecule has 0 spiro atoms. The van der Waals surface area contributed by atoms with Crippen molar-refractivity contribution in [3.05, 3.63) is 84.4 Å². The first-order chi connectivity index (χ1) is 15.7. The zero-order chi connectivity index (χ0) is 22.2. The molecule has 0 aromatic heterocycles. The highest BCUT2D eigenvalue weighted by Gasteiger charge is 2.22. The minimum Gasteiger partial charge on any atom is -0.492 e. The molecule has 4 rings (SSSR count). The van der Waals surface area contributed by atoms with E-state index < -0.39 is 6.04 Å². The molecule has 0 saturated carbocycles. The molecule has 3 aromatic carbocycles. The van der Waals surface area contributed by atoms with Gasteiger partial charge in [-0.3, -0.25) is 4.79 Å². The van der Waals surface area contributed by atoms with Gasteiger partial charge in [0.25, 0.3) is 5.91 Å². The maximum Gasteiger partial charge on any atom is 0.251 e. The van der Waals surface area contributed by atoms with Crippen molar-refractivity contribution in [3.8, 4) is 5.75 Å². The lowest BCUT2D eigenvalue weighted by Crippen LogP contribution is -2.29. The Hall–Kier alpha value is -3.47. The Labute approximate surface area is 190 Å². The highest BCUT2D eigenvalue weighted by atomic mass is 16.5. The molecule has 1 unspecified atom stereocenters. The highest BCUT2D eigenvalue weighted by molar-refractivity contribution is 5.98. The maximum atomic E-state index is 13.4. The number of carbonyl (C=O) groups is 1. The number of benzene rings is 3. The van der Waals surface area contributed by atoms with Crippen molar-refractivity contribution in [1.29, 1.82) is 0 Å². The lowest BCUT2D eigenvalue weighted by Gasteiger charge is -2.29. The van der Waals surface area contributed by atoms with Crippen LogP contribution in [0.2, 0.25) is 0 Å². The van der Waals surface area contributed by atoms with E-state index in [2.05, 4.69) is 39.8 Å². The number of rotatable bonds is 8. The van der Waals surface area contributed by atoms with Gasteiger partial charge in [0.15, 0.2) is 0 Å². The second-order valence-electron chi connectivity index (χ2n) is 8.00. The number of hydrogen-bond acceptors (Lipinski definition) is 4. The first-order valence-corrected chi connectivity index (χ1v) is 11.4. The van der Waals surface area contributed by atoms with Crippen molar-refractivity contribution in [3.63, 3.8) is 0 Å². The Morgan fingerprint density at radius 2 is 1.59 bits per heavy atom. The van der Waals surface area contributed by atoms with Crippen LogP contribution in [0.3, 0.4) is 0 Å². The van der Waals surface area contributed by atoms with E-state index in [0.29, 0.717) is 18.0 Å². The fraction of sp³-hybridized carbons (Fsp3) is 0.296. The van der Waals surface area contributed by atoms with Gasteiger partial charge in [-0.15, -0.1) is 0 Å². The summed E-state index contributed by atoms with van der Waals surface area (Å²) in [6, 6.07) is 25.2. The van der Waals surface area contributed by atoms with Gasteiger partial charge in [-0.05, 0) is 68.1 Å². The van der Waals surface area contributed by atoms with E-state index >= 15 is 0 Å². The van der Waals surface area contributed by atoms with E-state index in [1.165, 1.54) is 24.9 Å². The predicted molar refractivity (Wildman–Crippen MR) is 132 cm³/mol. The molecule has 0 radical (unpaired) electrons. The van der Waals surface area contributed by atoms with Crippen molar-refractivity contribution < 1.29 is 9.53 Å². The van der Waals surface area contributed by atoms with E-state index in [-0.39, 0.29) is 5.91 Å². The molecule has 1 heterocycles. The Morgan fingerprint density at radius 3 is 2.31 bits per heavy atom. The molecule has 5 heteroatoms. The Kier molecular flexibility index (Phi) is 7.28. The topological polar surface area (TPSA) is 53.6 Å². The zero-order valence-corrected chi connectivity index (χ0v) is 18.6. The number of carbonyl (C=O) groups excluding carboxylic acids is 1. The largest absolute Gasteiger partial charge is 0.492 e. The third-order valence-electron chi connectivity index (χ3n) is 5.74.